The van der Waals surface area contributed by atoms with Crippen molar-refractivity contribution in [2.75, 3.05) is 18.5 Å². The predicted octanol–water partition coefficient (Wildman–Crippen LogP) is 1.58. The van der Waals surface area contributed by atoms with Crippen molar-refractivity contribution >= 4 is 50.8 Å². The second-order valence-electron chi connectivity index (χ2n) is 10.1. The lowest BCUT2D eigenvalue weighted by Crippen LogP contribution is -2.58. The van der Waals surface area contributed by atoms with Gasteiger partial charge in [-0.25, -0.2) is 8.42 Å². The number of carbonyl (C=O) groups is 4. The molecule has 1 aliphatic rings. The number of nitrogen functional groups attached to an aromatic ring is 1. The molecule has 0 saturated carbocycles. The Balaban J connectivity index is 2.24. The Morgan fingerprint density at radius 3 is 2.43 bits per heavy atom. The summed E-state index contributed by atoms with van der Waals surface area (Å²) in [6.07, 6.45) is 2.35. The quantitative estimate of drug-likeness (QED) is 0.331. The fraction of sp³-hybridized carbons (Fsp3) is 0.500. The van der Waals surface area contributed by atoms with Crippen LogP contribution in [0.5, 0.6) is 0 Å². The number of benzene rings is 1. The fourth-order valence-electron chi connectivity index (χ4n) is 3.87. The molecule has 5 N–H and O–H groups in total. The smallest absolute Gasteiger partial charge is 0.305 e. The molecule has 1 aliphatic heterocycles. The Bertz CT molecular complexity index is 1190. The van der Waals surface area contributed by atoms with Crippen LogP contribution in [0.3, 0.4) is 0 Å². The molecule has 0 unspecified atom stereocenters. The van der Waals surface area contributed by atoms with Gasteiger partial charge in [0.2, 0.25) is 11.8 Å². The van der Waals surface area contributed by atoms with Gasteiger partial charge in [-0.1, -0.05) is 38.4 Å². The minimum Gasteiger partial charge on any atom is -0.481 e. The van der Waals surface area contributed by atoms with E-state index in [-0.39, 0.29) is 17.1 Å². The number of sulfone groups is 1. The van der Waals surface area contributed by atoms with Crippen LogP contribution in [-0.2, 0) is 24.2 Å². The Morgan fingerprint density at radius 2 is 1.89 bits per heavy atom. The number of halogens is 1. The second-order valence-corrected chi connectivity index (χ2v) is 12.4. The summed E-state index contributed by atoms with van der Waals surface area (Å²) in [4.78, 5) is 52.2. The Labute approximate surface area is 221 Å². The van der Waals surface area contributed by atoms with E-state index in [9.17, 15) is 27.6 Å². The highest BCUT2D eigenvalue weighted by Crippen LogP contribution is 2.27. The summed E-state index contributed by atoms with van der Waals surface area (Å²) >= 11 is 6.03. The molecular weight excluding hydrogens is 524 g/mol. The first kappa shape index (κ1) is 30.1. The van der Waals surface area contributed by atoms with E-state index in [4.69, 9.17) is 22.4 Å². The third kappa shape index (κ3) is 8.74. The summed E-state index contributed by atoms with van der Waals surface area (Å²) < 4.78 is 22.9. The number of anilines is 1. The highest BCUT2D eigenvalue weighted by atomic mass is 35.5. The molecule has 0 aromatic heterocycles. The van der Waals surface area contributed by atoms with E-state index in [2.05, 4.69) is 10.6 Å². The minimum atomic E-state index is -3.55. The van der Waals surface area contributed by atoms with Gasteiger partial charge in [-0.3, -0.25) is 19.2 Å². The van der Waals surface area contributed by atoms with Crippen LogP contribution in [-0.4, -0.2) is 73.0 Å². The zero-order valence-electron chi connectivity index (χ0n) is 21.2. The molecule has 1 aromatic carbocycles. The Morgan fingerprint density at radius 1 is 1.24 bits per heavy atom. The van der Waals surface area contributed by atoms with Gasteiger partial charge in [-0.05, 0) is 36.5 Å². The Kier molecular flexibility index (Phi) is 9.72. The molecule has 1 fully saturated rings. The zero-order valence-corrected chi connectivity index (χ0v) is 22.7. The Hall–Kier alpha value is -3.12. The number of rotatable bonds is 9. The number of nitrogens with one attached hydrogen (secondary N) is 2. The number of hydrogen-bond acceptors (Lipinski definition) is 7. The third-order valence-corrected chi connectivity index (χ3v) is 6.75. The molecule has 204 valence electrons. The maximum Gasteiger partial charge on any atom is 0.305 e. The van der Waals surface area contributed by atoms with E-state index >= 15 is 0 Å². The molecule has 3 amide bonds. The number of hydrogen-bond donors (Lipinski definition) is 4. The van der Waals surface area contributed by atoms with Crippen LogP contribution in [0.4, 0.5) is 5.69 Å². The number of nitrogens with two attached hydrogens (primary N) is 1. The minimum absolute atomic E-state index is 0.198. The first-order valence-electron chi connectivity index (χ1n) is 11.6. The van der Waals surface area contributed by atoms with Crippen LogP contribution in [0.1, 0.15) is 50.4 Å². The molecule has 0 bridgehead atoms. The normalized spacial score (nSPS) is 17.9. The summed E-state index contributed by atoms with van der Waals surface area (Å²) in [5.74, 6) is -2.86. The summed E-state index contributed by atoms with van der Waals surface area (Å²) in [7, 11) is -3.55. The highest BCUT2D eigenvalue weighted by Gasteiger charge is 2.42. The average Bonchev–Trinajstić information content (AvgIpc) is 3.25. The first-order chi connectivity index (χ1) is 17.0. The number of carboxylic acid groups (broad SMARTS) is 1. The van der Waals surface area contributed by atoms with Crippen molar-refractivity contribution < 1.29 is 32.7 Å². The number of carboxylic acids is 1. The van der Waals surface area contributed by atoms with Gasteiger partial charge < -0.3 is 26.4 Å². The number of aliphatic carboxylic acids is 1. The molecule has 1 aromatic rings. The van der Waals surface area contributed by atoms with Crippen LogP contribution < -0.4 is 16.4 Å². The van der Waals surface area contributed by atoms with Crippen molar-refractivity contribution in [2.24, 2.45) is 5.41 Å². The molecule has 13 heteroatoms. The molecular formula is C24H33ClN4O7S. The molecule has 0 aliphatic carbocycles. The first-order valence-corrected chi connectivity index (χ1v) is 13.9. The monoisotopic (exact) mass is 556 g/mol. The number of nitrogens with zero attached hydrogens (tertiary/aromatic N) is 1. The van der Waals surface area contributed by atoms with E-state index in [1.165, 1.54) is 23.1 Å². The predicted molar refractivity (Wildman–Crippen MR) is 139 cm³/mol. The number of likely N-dealkylation sites (tertiary alicyclic amines) is 1. The van der Waals surface area contributed by atoms with Crippen molar-refractivity contribution in [3.05, 3.63) is 40.3 Å². The molecule has 0 spiro atoms. The highest BCUT2D eigenvalue weighted by molar-refractivity contribution is 7.93. The lowest BCUT2D eigenvalue weighted by Gasteiger charge is -2.35. The lowest BCUT2D eigenvalue weighted by molar-refractivity contribution is -0.142. The van der Waals surface area contributed by atoms with Crippen LogP contribution in [0.25, 0.3) is 0 Å². The molecule has 37 heavy (non-hydrogen) atoms. The van der Waals surface area contributed by atoms with E-state index < -0.39 is 63.5 Å². The van der Waals surface area contributed by atoms with Gasteiger partial charge in [0, 0.05) is 23.8 Å². The SMILES string of the molecule is CC(C)(C)[C@H](NC(=O)c1ccc(N)c(Cl)c1)C(=O)N1CCC[C@@H]1C(=O)N[C@H](C=CS(C)(=O)=O)CC(=O)O. The molecule has 1 saturated heterocycles. The second kappa shape index (κ2) is 12.0. The summed E-state index contributed by atoms with van der Waals surface area (Å²) in [5, 5.41) is 15.4. The van der Waals surface area contributed by atoms with E-state index in [1.54, 1.807) is 20.8 Å². The van der Waals surface area contributed by atoms with Gasteiger partial charge in [-0.15, -0.1) is 0 Å². The van der Waals surface area contributed by atoms with Gasteiger partial charge >= 0.3 is 5.97 Å². The van der Waals surface area contributed by atoms with Crippen LogP contribution in [0.2, 0.25) is 5.02 Å². The van der Waals surface area contributed by atoms with Crippen molar-refractivity contribution in [3.8, 4) is 0 Å². The standard InChI is InChI=1S/C24H33ClN4O7S/c1-24(2,3)20(28-21(32)14-7-8-17(26)16(25)12-14)23(34)29-10-5-6-18(29)22(33)27-15(13-19(30)31)9-11-37(4,35)36/h7-9,11-12,15,18,20H,5-6,10,13,26H2,1-4H3,(H,27,33)(H,28,32)(H,30,31)/t15-,18-,20-/m1/s1. The number of amides is 3. The van der Waals surface area contributed by atoms with Gasteiger partial charge in [0.25, 0.3) is 5.91 Å². The third-order valence-electron chi connectivity index (χ3n) is 5.77. The van der Waals surface area contributed by atoms with E-state index in [0.29, 0.717) is 18.5 Å². The maximum absolute atomic E-state index is 13.6. The van der Waals surface area contributed by atoms with E-state index in [1.807, 2.05) is 0 Å². The van der Waals surface area contributed by atoms with Gasteiger partial charge in [0.05, 0.1) is 23.2 Å². The topological polar surface area (TPSA) is 176 Å². The molecule has 2 rings (SSSR count). The van der Waals surface area contributed by atoms with Gasteiger partial charge in [0.1, 0.15) is 12.1 Å². The van der Waals surface area contributed by atoms with Crippen molar-refractivity contribution in [3.63, 3.8) is 0 Å². The van der Waals surface area contributed by atoms with Gasteiger partial charge in [0.15, 0.2) is 9.84 Å². The van der Waals surface area contributed by atoms with Crippen molar-refractivity contribution in [1.82, 2.24) is 15.5 Å². The van der Waals surface area contributed by atoms with E-state index in [0.717, 1.165) is 17.7 Å². The van der Waals surface area contributed by atoms with Crippen LogP contribution in [0, 0.1) is 5.41 Å². The largest absolute Gasteiger partial charge is 0.481 e. The van der Waals surface area contributed by atoms with Gasteiger partial charge in [-0.2, -0.15) is 0 Å². The lowest BCUT2D eigenvalue weighted by atomic mass is 9.85. The number of carbonyl (C=O) groups excluding carboxylic acids is 3. The molecule has 1 heterocycles. The summed E-state index contributed by atoms with van der Waals surface area (Å²) in [6, 6.07) is 1.37. The summed E-state index contributed by atoms with van der Waals surface area (Å²) in [6.45, 7) is 5.58. The van der Waals surface area contributed by atoms with Crippen molar-refractivity contribution in [1.29, 1.82) is 0 Å². The molecule has 0 radical (unpaired) electrons. The molecule has 3 atom stereocenters. The maximum atomic E-state index is 13.6. The van der Waals surface area contributed by atoms with Crippen LogP contribution >= 0.6 is 11.6 Å². The van der Waals surface area contributed by atoms with Crippen LogP contribution in [0.15, 0.2) is 29.7 Å². The molecule has 11 nitrogen and oxygen atoms in total. The zero-order chi connectivity index (χ0) is 28.1. The van der Waals surface area contributed by atoms with Crippen molar-refractivity contribution in [2.45, 2.75) is 58.2 Å². The average molecular weight is 557 g/mol. The fourth-order valence-corrected chi connectivity index (χ4v) is 4.53. The summed E-state index contributed by atoms with van der Waals surface area (Å²) in [5.41, 5.74) is 5.50.